The van der Waals surface area contributed by atoms with Crippen molar-refractivity contribution >= 4 is 0 Å². The largest absolute Gasteiger partial charge is 0.296 e. The molecule has 0 radical (unpaired) electrons. The molecule has 1 aliphatic heterocycles. The first-order valence-electron chi connectivity index (χ1n) is 9.61. The number of nitrogens with zero attached hydrogens (tertiary/aromatic N) is 1. The molecule has 0 spiro atoms. The van der Waals surface area contributed by atoms with Crippen LogP contribution < -0.4 is 0 Å². The Labute approximate surface area is 147 Å². The maximum Gasteiger partial charge on any atom is 0.0320 e. The van der Waals surface area contributed by atoms with Crippen molar-refractivity contribution in [2.24, 2.45) is 11.8 Å². The predicted molar refractivity (Wildman–Crippen MR) is 103 cm³/mol. The topological polar surface area (TPSA) is 3.24 Å². The number of rotatable bonds is 7. The summed E-state index contributed by atoms with van der Waals surface area (Å²) in [5.74, 6) is 1.64. The van der Waals surface area contributed by atoms with Gasteiger partial charge in [-0.05, 0) is 42.7 Å². The molecule has 0 amide bonds. The van der Waals surface area contributed by atoms with Gasteiger partial charge in [0, 0.05) is 19.1 Å². The van der Waals surface area contributed by atoms with Gasteiger partial charge in [-0.1, -0.05) is 80.4 Å². The van der Waals surface area contributed by atoms with E-state index in [2.05, 4.69) is 79.4 Å². The molecule has 3 unspecified atom stereocenters. The van der Waals surface area contributed by atoms with Gasteiger partial charge in [-0.2, -0.15) is 0 Å². The quantitative estimate of drug-likeness (QED) is 0.629. The Morgan fingerprint density at radius 2 is 1.54 bits per heavy atom. The van der Waals surface area contributed by atoms with Crippen LogP contribution in [0.2, 0.25) is 0 Å². The first-order valence-corrected chi connectivity index (χ1v) is 9.61. The van der Waals surface area contributed by atoms with E-state index in [0.29, 0.717) is 6.04 Å². The molecule has 0 saturated carbocycles. The van der Waals surface area contributed by atoms with Crippen LogP contribution in [0.25, 0.3) is 0 Å². The summed E-state index contributed by atoms with van der Waals surface area (Å²) in [6.45, 7) is 7.18. The Morgan fingerprint density at radius 3 is 2.21 bits per heavy atom. The third kappa shape index (κ3) is 4.27. The highest BCUT2D eigenvalue weighted by atomic mass is 15.2. The highest BCUT2D eigenvalue weighted by Crippen LogP contribution is 2.35. The van der Waals surface area contributed by atoms with Gasteiger partial charge in [-0.3, -0.25) is 4.90 Å². The average Bonchev–Trinajstić information content (AvgIpc) is 3.03. The minimum Gasteiger partial charge on any atom is -0.296 e. The van der Waals surface area contributed by atoms with E-state index in [1.807, 2.05) is 0 Å². The van der Waals surface area contributed by atoms with E-state index in [1.165, 1.54) is 49.9 Å². The lowest BCUT2D eigenvalue weighted by atomic mass is 9.86. The van der Waals surface area contributed by atoms with Gasteiger partial charge in [0.25, 0.3) is 0 Å². The summed E-state index contributed by atoms with van der Waals surface area (Å²) >= 11 is 0. The number of unbranched alkanes of at least 4 members (excludes halogenated alkanes) is 1. The molecule has 1 heterocycles. The van der Waals surface area contributed by atoms with Crippen LogP contribution >= 0.6 is 0 Å². The lowest BCUT2D eigenvalue weighted by Crippen LogP contribution is -2.25. The van der Waals surface area contributed by atoms with Gasteiger partial charge in [0.1, 0.15) is 0 Å². The maximum absolute atomic E-state index is 2.71. The second kappa shape index (κ2) is 8.48. The number of benzene rings is 2. The van der Waals surface area contributed by atoms with Gasteiger partial charge in [0.05, 0.1) is 0 Å². The van der Waals surface area contributed by atoms with Crippen molar-refractivity contribution < 1.29 is 0 Å². The van der Waals surface area contributed by atoms with Crippen LogP contribution in [-0.4, -0.2) is 18.0 Å². The Kier molecular flexibility index (Phi) is 6.09. The molecule has 3 rings (SSSR count). The van der Waals surface area contributed by atoms with Crippen LogP contribution in [0.5, 0.6) is 0 Å². The first kappa shape index (κ1) is 17.2. The number of hydrogen-bond acceptors (Lipinski definition) is 1. The molecule has 1 heteroatoms. The third-order valence-corrected chi connectivity index (χ3v) is 5.70. The molecule has 128 valence electrons. The molecule has 3 atom stereocenters. The molecule has 2 aromatic rings. The summed E-state index contributed by atoms with van der Waals surface area (Å²) in [6, 6.07) is 22.6. The fourth-order valence-electron chi connectivity index (χ4n) is 4.18. The highest BCUT2D eigenvalue weighted by molar-refractivity contribution is 5.19. The fraction of sp³-hybridized carbons (Fsp3) is 0.478. The Balaban J connectivity index is 1.70. The summed E-state index contributed by atoms with van der Waals surface area (Å²) in [5.41, 5.74) is 2.95. The third-order valence-electron chi connectivity index (χ3n) is 5.70. The lowest BCUT2D eigenvalue weighted by Gasteiger charge is -2.25. The summed E-state index contributed by atoms with van der Waals surface area (Å²) in [4.78, 5) is 2.71. The number of likely N-dealkylation sites (tertiary alicyclic amines) is 1. The zero-order chi connectivity index (χ0) is 16.8. The van der Waals surface area contributed by atoms with Crippen LogP contribution in [0.15, 0.2) is 60.7 Å². The standard InChI is InChI=1S/C23H31N/c1-3-4-13-22-17-24(19(2)21-14-9-6-10-15-21)18-23(22)16-20-11-7-5-8-12-20/h5-12,14-15,19,22-23H,3-4,13,16-18H2,1-2H3. The fourth-order valence-corrected chi connectivity index (χ4v) is 4.18. The van der Waals surface area contributed by atoms with Crippen molar-refractivity contribution in [1.82, 2.24) is 4.90 Å². The molecular formula is C23H31N. The summed E-state index contributed by atoms with van der Waals surface area (Å²) < 4.78 is 0. The summed E-state index contributed by atoms with van der Waals surface area (Å²) in [7, 11) is 0. The molecule has 0 aliphatic carbocycles. The highest BCUT2D eigenvalue weighted by Gasteiger charge is 2.34. The minimum absolute atomic E-state index is 0.524. The molecule has 1 fully saturated rings. The zero-order valence-corrected chi connectivity index (χ0v) is 15.2. The SMILES string of the molecule is CCCCC1CN(C(C)c2ccccc2)CC1Cc1ccccc1. The van der Waals surface area contributed by atoms with Crippen molar-refractivity contribution in [1.29, 1.82) is 0 Å². The van der Waals surface area contributed by atoms with E-state index in [1.54, 1.807) is 0 Å². The van der Waals surface area contributed by atoms with Crippen LogP contribution in [0.1, 0.15) is 50.3 Å². The molecule has 24 heavy (non-hydrogen) atoms. The minimum atomic E-state index is 0.524. The van der Waals surface area contributed by atoms with E-state index in [-0.39, 0.29) is 0 Å². The first-order chi connectivity index (χ1) is 11.8. The lowest BCUT2D eigenvalue weighted by molar-refractivity contribution is 0.247. The molecular weight excluding hydrogens is 290 g/mol. The van der Waals surface area contributed by atoms with Gasteiger partial charge in [0.2, 0.25) is 0 Å². The second-order valence-electron chi connectivity index (χ2n) is 7.39. The maximum atomic E-state index is 2.71. The van der Waals surface area contributed by atoms with Gasteiger partial charge >= 0.3 is 0 Å². The van der Waals surface area contributed by atoms with Gasteiger partial charge in [-0.25, -0.2) is 0 Å². The van der Waals surface area contributed by atoms with E-state index >= 15 is 0 Å². The zero-order valence-electron chi connectivity index (χ0n) is 15.2. The van der Waals surface area contributed by atoms with E-state index in [9.17, 15) is 0 Å². The van der Waals surface area contributed by atoms with Crippen molar-refractivity contribution in [3.05, 3.63) is 71.8 Å². The predicted octanol–water partition coefficient (Wildman–Crippen LogP) is 5.73. The van der Waals surface area contributed by atoms with Gasteiger partial charge in [-0.15, -0.1) is 0 Å². The molecule has 1 aliphatic rings. The Morgan fingerprint density at radius 1 is 0.917 bits per heavy atom. The van der Waals surface area contributed by atoms with Crippen molar-refractivity contribution in [2.75, 3.05) is 13.1 Å². The van der Waals surface area contributed by atoms with Crippen LogP contribution in [0.4, 0.5) is 0 Å². The monoisotopic (exact) mass is 321 g/mol. The normalized spacial score (nSPS) is 22.6. The molecule has 1 nitrogen and oxygen atoms in total. The van der Waals surface area contributed by atoms with Gasteiger partial charge in [0.15, 0.2) is 0 Å². The van der Waals surface area contributed by atoms with E-state index in [0.717, 1.165) is 11.8 Å². The summed E-state index contributed by atoms with van der Waals surface area (Å²) in [5, 5.41) is 0. The van der Waals surface area contributed by atoms with Crippen molar-refractivity contribution in [2.45, 2.75) is 45.6 Å². The molecule has 2 aromatic carbocycles. The average molecular weight is 322 g/mol. The molecule has 0 aromatic heterocycles. The number of hydrogen-bond donors (Lipinski definition) is 0. The molecule has 1 saturated heterocycles. The smallest absolute Gasteiger partial charge is 0.0320 e. The molecule has 0 bridgehead atoms. The van der Waals surface area contributed by atoms with E-state index in [4.69, 9.17) is 0 Å². The van der Waals surface area contributed by atoms with Crippen molar-refractivity contribution in [3.8, 4) is 0 Å². The van der Waals surface area contributed by atoms with E-state index < -0.39 is 0 Å². The Bertz CT molecular complexity index is 592. The van der Waals surface area contributed by atoms with Crippen molar-refractivity contribution in [3.63, 3.8) is 0 Å². The second-order valence-corrected chi connectivity index (χ2v) is 7.39. The van der Waals surface area contributed by atoms with Crippen LogP contribution in [0, 0.1) is 11.8 Å². The van der Waals surface area contributed by atoms with Crippen LogP contribution in [-0.2, 0) is 6.42 Å². The molecule has 0 N–H and O–H groups in total. The summed E-state index contributed by atoms with van der Waals surface area (Å²) in [6.07, 6.45) is 5.28. The Hall–Kier alpha value is -1.60. The van der Waals surface area contributed by atoms with Gasteiger partial charge < -0.3 is 0 Å². The van der Waals surface area contributed by atoms with Crippen LogP contribution in [0.3, 0.4) is 0 Å².